The van der Waals surface area contributed by atoms with Gasteiger partial charge in [-0.3, -0.25) is 14.3 Å². The molecule has 0 aliphatic carbocycles. The molecule has 1 N–H and O–H groups in total. The first kappa shape index (κ1) is 26.3. The van der Waals surface area contributed by atoms with Crippen molar-refractivity contribution in [2.75, 3.05) is 6.61 Å². The lowest BCUT2D eigenvalue weighted by Gasteiger charge is -2.16. The Morgan fingerprint density at radius 3 is 2.67 bits per heavy atom. The third kappa shape index (κ3) is 4.60. The number of thiophene rings is 1. The summed E-state index contributed by atoms with van der Waals surface area (Å²) in [5.74, 6) is -0.970. The summed E-state index contributed by atoms with van der Waals surface area (Å²) in [5, 5.41) is 21.1. The molecule has 0 atom stereocenters. The summed E-state index contributed by atoms with van der Waals surface area (Å²) in [6, 6.07) is 10.1. The molecule has 5 aromatic rings. The largest absolute Gasteiger partial charge is 0.491 e. The lowest BCUT2D eigenvalue weighted by molar-refractivity contribution is 0.0699. The summed E-state index contributed by atoms with van der Waals surface area (Å²) >= 11 is 7.59. The molecule has 5 rings (SSSR count). The Labute approximate surface area is 230 Å². The second-order valence-corrected chi connectivity index (χ2v) is 10.2. The van der Waals surface area contributed by atoms with E-state index in [-0.39, 0.29) is 41.0 Å². The summed E-state index contributed by atoms with van der Waals surface area (Å²) in [7, 11) is 0. The van der Waals surface area contributed by atoms with Crippen LogP contribution in [0.2, 0.25) is 5.02 Å². The highest BCUT2D eigenvalue weighted by Crippen LogP contribution is 2.40. The van der Waals surface area contributed by atoms with Crippen LogP contribution >= 0.6 is 22.9 Å². The molecule has 0 aliphatic heterocycles. The van der Waals surface area contributed by atoms with Gasteiger partial charge in [-0.2, -0.15) is 5.26 Å². The Kier molecular flexibility index (Phi) is 6.80. The molecule has 0 amide bonds. The SMILES string of the molecule is Cc1cc(-c2cc(Cl)ccc2OCCn2c(C)nc3c(F)cc(C)c(C#N)c3c2=O)c2scc(C(=O)O)c2n1. The lowest BCUT2D eigenvalue weighted by Crippen LogP contribution is -2.27. The smallest absolute Gasteiger partial charge is 0.338 e. The molecule has 0 saturated heterocycles. The van der Waals surface area contributed by atoms with E-state index in [1.165, 1.54) is 22.0 Å². The Bertz CT molecular complexity index is 1930. The van der Waals surface area contributed by atoms with Crippen molar-refractivity contribution in [3.05, 3.63) is 85.1 Å². The molecule has 3 heterocycles. The van der Waals surface area contributed by atoms with Crippen molar-refractivity contribution in [2.24, 2.45) is 0 Å². The molecular weight excluding hydrogens is 543 g/mol. The van der Waals surface area contributed by atoms with Gasteiger partial charge in [0.1, 0.15) is 35.6 Å². The van der Waals surface area contributed by atoms with Crippen LogP contribution in [0, 0.1) is 37.9 Å². The second kappa shape index (κ2) is 10.1. The van der Waals surface area contributed by atoms with Crippen LogP contribution in [0.4, 0.5) is 4.39 Å². The van der Waals surface area contributed by atoms with E-state index in [0.717, 1.165) is 5.56 Å². The molecule has 11 heteroatoms. The number of fused-ring (bicyclic) bond motifs is 2. The number of aryl methyl sites for hydroxylation is 3. The highest BCUT2D eigenvalue weighted by molar-refractivity contribution is 7.18. The van der Waals surface area contributed by atoms with Crippen LogP contribution in [-0.4, -0.2) is 32.2 Å². The van der Waals surface area contributed by atoms with Crippen molar-refractivity contribution in [3.8, 4) is 22.9 Å². The molecule has 39 heavy (non-hydrogen) atoms. The Morgan fingerprint density at radius 1 is 1.18 bits per heavy atom. The predicted molar refractivity (Wildman–Crippen MR) is 147 cm³/mol. The van der Waals surface area contributed by atoms with Crippen LogP contribution in [0.3, 0.4) is 0 Å². The number of carboxylic acid groups (broad SMARTS) is 1. The van der Waals surface area contributed by atoms with Crippen molar-refractivity contribution in [1.82, 2.24) is 14.5 Å². The molecule has 0 radical (unpaired) electrons. The number of carbonyl (C=O) groups is 1. The van der Waals surface area contributed by atoms with Gasteiger partial charge in [-0.25, -0.2) is 14.2 Å². The van der Waals surface area contributed by atoms with Gasteiger partial charge >= 0.3 is 5.97 Å². The van der Waals surface area contributed by atoms with E-state index in [9.17, 15) is 24.3 Å². The zero-order valence-corrected chi connectivity index (χ0v) is 22.6. The van der Waals surface area contributed by atoms with Crippen LogP contribution in [0.5, 0.6) is 5.75 Å². The molecule has 3 aromatic heterocycles. The molecule has 0 spiro atoms. The Morgan fingerprint density at radius 2 is 1.95 bits per heavy atom. The quantitative estimate of drug-likeness (QED) is 0.268. The molecular formula is C28H20ClFN4O4S. The number of pyridine rings is 1. The number of hydrogen-bond donors (Lipinski definition) is 1. The highest BCUT2D eigenvalue weighted by Gasteiger charge is 2.20. The van der Waals surface area contributed by atoms with Gasteiger partial charge in [-0.05, 0) is 56.7 Å². The molecule has 0 saturated carbocycles. The number of aromatic nitrogens is 3. The number of nitriles is 1. The number of nitrogens with zero attached hydrogens (tertiary/aromatic N) is 4. The summed E-state index contributed by atoms with van der Waals surface area (Å²) in [6.07, 6.45) is 0. The monoisotopic (exact) mass is 562 g/mol. The van der Waals surface area contributed by atoms with Gasteiger partial charge < -0.3 is 9.84 Å². The number of ether oxygens (including phenoxy) is 1. The minimum Gasteiger partial charge on any atom is -0.491 e. The van der Waals surface area contributed by atoms with Gasteiger partial charge in [0, 0.05) is 27.2 Å². The minimum atomic E-state index is -1.06. The maximum absolute atomic E-state index is 14.6. The van der Waals surface area contributed by atoms with Crippen LogP contribution in [0.25, 0.3) is 32.2 Å². The van der Waals surface area contributed by atoms with E-state index in [1.807, 2.05) is 12.1 Å². The van der Waals surface area contributed by atoms with E-state index in [1.54, 1.807) is 44.4 Å². The minimum absolute atomic E-state index is 0.0524. The van der Waals surface area contributed by atoms with E-state index >= 15 is 0 Å². The average Bonchev–Trinajstić information content (AvgIpc) is 3.31. The normalized spacial score (nSPS) is 11.2. The third-order valence-corrected chi connectivity index (χ3v) is 7.61. The van der Waals surface area contributed by atoms with Gasteiger partial charge in [0.25, 0.3) is 5.56 Å². The van der Waals surface area contributed by atoms with Gasteiger partial charge in [0.2, 0.25) is 0 Å². The van der Waals surface area contributed by atoms with E-state index in [0.29, 0.717) is 37.8 Å². The maximum atomic E-state index is 14.6. The average molecular weight is 563 g/mol. The topological polar surface area (TPSA) is 118 Å². The maximum Gasteiger partial charge on any atom is 0.338 e. The van der Waals surface area contributed by atoms with E-state index in [4.69, 9.17) is 16.3 Å². The summed E-state index contributed by atoms with van der Waals surface area (Å²) < 4.78 is 22.7. The van der Waals surface area contributed by atoms with E-state index in [2.05, 4.69) is 9.97 Å². The first-order valence-electron chi connectivity index (χ1n) is 11.8. The molecule has 196 valence electrons. The Hall–Kier alpha value is -4.33. The molecule has 8 nitrogen and oxygen atoms in total. The van der Waals surface area contributed by atoms with Gasteiger partial charge in [0.15, 0.2) is 0 Å². The fraction of sp³-hybridized carbons (Fsp3) is 0.179. The van der Waals surface area contributed by atoms with Gasteiger partial charge in [-0.1, -0.05) is 11.6 Å². The van der Waals surface area contributed by atoms with Crippen LogP contribution in [0.1, 0.15) is 33.0 Å². The van der Waals surface area contributed by atoms with Crippen LogP contribution in [-0.2, 0) is 6.54 Å². The van der Waals surface area contributed by atoms with Crippen molar-refractivity contribution in [2.45, 2.75) is 27.3 Å². The highest BCUT2D eigenvalue weighted by atomic mass is 35.5. The fourth-order valence-electron chi connectivity index (χ4n) is 4.57. The van der Waals surface area contributed by atoms with Gasteiger partial charge in [0.05, 0.1) is 33.3 Å². The van der Waals surface area contributed by atoms with Crippen molar-refractivity contribution in [1.29, 1.82) is 5.26 Å². The number of hydrogen-bond acceptors (Lipinski definition) is 7. The summed E-state index contributed by atoms with van der Waals surface area (Å²) in [4.78, 5) is 33.7. The first-order valence-corrected chi connectivity index (χ1v) is 13.0. The van der Waals surface area contributed by atoms with Crippen LogP contribution < -0.4 is 10.3 Å². The lowest BCUT2D eigenvalue weighted by atomic mass is 10.0. The third-order valence-electron chi connectivity index (χ3n) is 6.37. The van der Waals surface area contributed by atoms with Crippen molar-refractivity contribution in [3.63, 3.8) is 0 Å². The van der Waals surface area contributed by atoms with Crippen LogP contribution in [0.15, 0.2) is 40.5 Å². The Balaban J connectivity index is 1.53. The number of benzene rings is 2. The molecule has 2 aromatic carbocycles. The summed E-state index contributed by atoms with van der Waals surface area (Å²) in [5.41, 5.74) is 2.28. The number of aromatic carboxylic acids is 1. The molecule has 0 bridgehead atoms. The first-order chi connectivity index (χ1) is 18.6. The predicted octanol–water partition coefficient (Wildman–Crippen LogP) is 6.04. The molecule has 0 unspecified atom stereocenters. The second-order valence-electron chi connectivity index (χ2n) is 8.93. The van der Waals surface area contributed by atoms with Crippen molar-refractivity contribution >= 4 is 50.0 Å². The number of halogens is 2. The molecule has 0 fully saturated rings. The standard InChI is InChI=1S/C28H20ClFN4O4S/c1-13-8-21(30)25-23(19(13)11-31)27(35)34(15(3)33-25)6-7-38-22-5-4-16(29)10-17(22)18-9-14(2)32-24-20(28(36)37)12-39-26(18)24/h4-5,8-10,12H,6-7H2,1-3H3,(H,36,37). The number of rotatable bonds is 6. The van der Waals surface area contributed by atoms with E-state index < -0.39 is 17.3 Å². The van der Waals surface area contributed by atoms with Gasteiger partial charge in [-0.15, -0.1) is 11.3 Å². The zero-order chi connectivity index (χ0) is 28.0. The molecule has 0 aliphatic rings. The fourth-order valence-corrected chi connectivity index (χ4v) is 5.75. The zero-order valence-electron chi connectivity index (χ0n) is 21.0. The number of carboxylic acids is 1. The van der Waals surface area contributed by atoms with Crippen molar-refractivity contribution < 1.29 is 19.0 Å². The summed E-state index contributed by atoms with van der Waals surface area (Å²) in [6.45, 7) is 5.08.